The summed E-state index contributed by atoms with van der Waals surface area (Å²) in [5.41, 5.74) is 4.58. The second kappa shape index (κ2) is 6.34. The minimum absolute atomic E-state index is 0.145. The molecule has 0 saturated heterocycles. The summed E-state index contributed by atoms with van der Waals surface area (Å²) >= 11 is 1.62. The number of nitrogens with two attached hydrogens (primary N) is 1. The lowest BCUT2D eigenvalue weighted by Crippen LogP contribution is -2.36. The average molecular weight is 317 g/mol. The summed E-state index contributed by atoms with van der Waals surface area (Å²) in [5.74, 6) is 5.36. The van der Waals surface area contributed by atoms with Crippen LogP contribution < -0.4 is 16.0 Å². The fourth-order valence-electron chi connectivity index (χ4n) is 1.87. The highest BCUT2D eigenvalue weighted by atomic mass is 32.2. The molecule has 114 valence electrons. The zero-order valence-electron chi connectivity index (χ0n) is 12.6. The van der Waals surface area contributed by atoms with Crippen LogP contribution in [0.25, 0.3) is 0 Å². The number of nitrogens with one attached hydrogen (secondary N) is 2. The molecule has 0 aliphatic heterocycles. The molecule has 0 bridgehead atoms. The molecule has 20 heavy (non-hydrogen) atoms. The summed E-state index contributed by atoms with van der Waals surface area (Å²) < 4.78 is 27.5. The van der Waals surface area contributed by atoms with Gasteiger partial charge in [-0.2, -0.15) is 11.8 Å². The highest BCUT2D eigenvalue weighted by molar-refractivity contribution is 8.00. The van der Waals surface area contributed by atoms with Gasteiger partial charge in [0.2, 0.25) is 10.0 Å². The Balaban J connectivity index is 3.11. The number of aryl methyl sites for hydroxylation is 2. The van der Waals surface area contributed by atoms with Gasteiger partial charge in [-0.15, -0.1) is 0 Å². The van der Waals surface area contributed by atoms with Crippen LogP contribution in [0.4, 0.5) is 5.69 Å². The maximum atomic E-state index is 12.5. The second-order valence-electron chi connectivity index (χ2n) is 5.37. The Morgan fingerprint density at radius 3 is 2.15 bits per heavy atom. The van der Waals surface area contributed by atoms with Crippen molar-refractivity contribution in [1.29, 1.82) is 0 Å². The summed E-state index contributed by atoms with van der Waals surface area (Å²) in [6, 6.07) is 3.45. The lowest BCUT2D eigenvalue weighted by molar-refractivity contribution is 0.569. The maximum Gasteiger partial charge on any atom is 0.241 e. The lowest BCUT2D eigenvalue weighted by Gasteiger charge is -2.23. The quantitative estimate of drug-likeness (QED) is 0.552. The van der Waals surface area contributed by atoms with E-state index in [0.717, 1.165) is 0 Å². The molecule has 0 fully saturated rings. The van der Waals surface area contributed by atoms with E-state index in [1.165, 1.54) is 0 Å². The van der Waals surface area contributed by atoms with E-state index in [2.05, 4.69) is 10.1 Å². The Kier molecular flexibility index (Phi) is 5.48. The van der Waals surface area contributed by atoms with E-state index in [1.807, 2.05) is 20.1 Å². The Bertz CT molecular complexity index is 560. The first-order chi connectivity index (χ1) is 9.13. The van der Waals surface area contributed by atoms with Crippen LogP contribution >= 0.6 is 11.8 Å². The van der Waals surface area contributed by atoms with Crippen LogP contribution in [0.1, 0.15) is 25.0 Å². The molecule has 5 nitrogen and oxygen atoms in total. The van der Waals surface area contributed by atoms with Gasteiger partial charge in [-0.25, -0.2) is 13.1 Å². The Labute approximate surface area is 125 Å². The average Bonchev–Trinajstić information content (AvgIpc) is 2.35. The molecule has 1 aromatic carbocycles. The highest BCUT2D eigenvalue weighted by Crippen LogP contribution is 2.25. The van der Waals surface area contributed by atoms with Gasteiger partial charge in [0.15, 0.2) is 0 Å². The number of thioether (sulfide) groups is 1. The van der Waals surface area contributed by atoms with Crippen molar-refractivity contribution in [2.75, 3.05) is 18.2 Å². The number of hydrazine groups is 1. The summed E-state index contributed by atoms with van der Waals surface area (Å²) in [5, 5.41) is 0. The molecule has 0 radical (unpaired) electrons. The third kappa shape index (κ3) is 4.12. The molecule has 0 heterocycles. The van der Waals surface area contributed by atoms with E-state index in [9.17, 15) is 8.42 Å². The van der Waals surface area contributed by atoms with E-state index >= 15 is 0 Å². The van der Waals surface area contributed by atoms with Crippen LogP contribution in [-0.2, 0) is 10.0 Å². The number of anilines is 1. The number of nitrogen functional groups attached to an aromatic ring is 1. The number of benzene rings is 1. The molecule has 7 heteroatoms. The van der Waals surface area contributed by atoms with Crippen molar-refractivity contribution in [3.63, 3.8) is 0 Å². The van der Waals surface area contributed by atoms with Crippen LogP contribution in [0, 0.1) is 13.8 Å². The Hall–Kier alpha value is -0.760. The molecular formula is C13H23N3O2S2. The van der Waals surface area contributed by atoms with Crippen molar-refractivity contribution in [3.8, 4) is 0 Å². The van der Waals surface area contributed by atoms with Gasteiger partial charge in [-0.1, -0.05) is 0 Å². The predicted octanol–water partition coefficient (Wildman–Crippen LogP) is 2.01. The molecular weight excluding hydrogens is 294 g/mol. The topological polar surface area (TPSA) is 84.2 Å². The summed E-state index contributed by atoms with van der Waals surface area (Å²) in [7, 11) is -3.52. The van der Waals surface area contributed by atoms with E-state index in [4.69, 9.17) is 5.84 Å². The van der Waals surface area contributed by atoms with Gasteiger partial charge in [0.1, 0.15) is 0 Å². The normalized spacial score (nSPS) is 12.5. The lowest BCUT2D eigenvalue weighted by atomic mass is 10.1. The van der Waals surface area contributed by atoms with Gasteiger partial charge in [0.25, 0.3) is 0 Å². The van der Waals surface area contributed by atoms with E-state index in [1.54, 1.807) is 37.7 Å². The fourth-order valence-corrected chi connectivity index (χ4v) is 3.84. The first-order valence-corrected chi connectivity index (χ1v) is 8.96. The van der Waals surface area contributed by atoms with Crippen molar-refractivity contribution in [1.82, 2.24) is 4.72 Å². The minimum Gasteiger partial charge on any atom is -0.324 e. The fraction of sp³-hybridized carbons (Fsp3) is 0.538. The Morgan fingerprint density at radius 1 is 1.25 bits per heavy atom. The van der Waals surface area contributed by atoms with Gasteiger partial charge in [-0.05, 0) is 57.2 Å². The monoisotopic (exact) mass is 317 g/mol. The number of hydrogen-bond donors (Lipinski definition) is 3. The third-order valence-corrected chi connectivity index (χ3v) is 6.09. The van der Waals surface area contributed by atoms with Crippen LogP contribution in [0.15, 0.2) is 17.0 Å². The zero-order valence-corrected chi connectivity index (χ0v) is 14.2. The number of rotatable bonds is 6. The highest BCUT2D eigenvalue weighted by Gasteiger charge is 2.24. The number of hydrogen-bond acceptors (Lipinski definition) is 5. The molecule has 0 amide bonds. The zero-order chi connectivity index (χ0) is 15.6. The molecule has 4 N–H and O–H groups in total. The van der Waals surface area contributed by atoms with Gasteiger partial charge >= 0.3 is 0 Å². The summed E-state index contributed by atoms with van der Waals surface area (Å²) in [6.45, 7) is 7.92. The molecule has 0 atom stereocenters. The molecule has 1 rings (SSSR count). The van der Waals surface area contributed by atoms with E-state index < -0.39 is 10.0 Å². The molecule has 1 aromatic rings. The Morgan fingerprint density at radius 2 is 1.75 bits per heavy atom. The standard InChI is InChI=1S/C13H23N3O2S2/c1-9-6-11(16-14)7-10(2)12(9)20(17,18)15-8-13(3,4)19-5/h6-7,15-16H,8,14H2,1-5H3. The van der Waals surface area contributed by atoms with Crippen molar-refractivity contribution in [2.24, 2.45) is 5.84 Å². The molecule has 0 unspecified atom stereocenters. The van der Waals surface area contributed by atoms with Gasteiger partial charge in [0.05, 0.1) is 4.90 Å². The summed E-state index contributed by atoms with van der Waals surface area (Å²) in [4.78, 5) is 0.327. The molecule has 0 spiro atoms. The smallest absolute Gasteiger partial charge is 0.241 e. The SMILES string of the molecule is CSC(C)(C)CNS(=O)(=O)c1c(C)cc(NN)cc1C. The van der Waals surface area contributed by atoms with E-state index in [-0.39, 0.29) is 4.75 Å². The molecule has 0 aromatic heterocycles. The van der Waals surface area contributed by atoms with Crippen LogP contribution in [0.3, 0.4) is 0 Å². The van der Waals surface area contributed by atoms with Crippen molar-refractivity contribution in [2.45, 2.75) is 37.3 Å². The van der Waals surface area contributed by atoms with Crippen molar-refractivity contribution < 1.29 is 8.42 Å². The first kappa shape index (κ1) is 17.3. The maximum absolute atomic E-state index is 12.5. The van der Waals surface area contributed by atoms with Crippen molar-refractivity contribution in [3.05, 3.63) is 23.3 Å². The van der Waals surface area contributed by atoms with Gasteiger partial charge < -0.3 is 5.43 Å². The minimum atomic E-state index is -3.52. The largest absolute Gasteiger partial charge is 0.324 e. The van der Waals surface area contributed by atoms with E-state index in [0.29, 0.717) is 28.3 Å². The second-order valence-corrected chi connectivity index (χ2v) is 8.59. The predicted molar refractivity (Wildman–Crippen MR) is 86.5 cm³/mol. The van der Waals surface area contributed by atoms with Gasteiger partial charge in [0, 0.05) is 17.0 Å². The molecule has 0 aliphatic rings. The first-order valence-electron chi connectivity index (χ1n) is 6.25. The third-order valence-electron chi connectivity index (χ3n) is 3.14. The van der Waals surface area contributed by atoms with Crippen molar-refractivity contribution >= 4 is 27.5 Å². The molecule has 0 saturated carbocycles. The van der Waals surface area contributed by atoms with Crippen LogP contribution in [-0.4, -0.2) is 26.0 Å². The van der Waals surface area contributed by atoms with Crippen LogP contribution in [0.2, 0.25) is 0 Å². The van der Waals surface area contributed by atoms with Crippen LogP contribution in [0.5, 0.6) is 0 Å². The number of sulfonamides is 1. The summed E-state index contributed by atoms with van der Waals surface area (Å²) in [6.07, 6.45) is 1.96. The molecule has 0 aliphatic carbocycles. The van der Waals surface area contributed by atoms with Gasteiger partial charge in [-0.3, -0.25) is 5.84 Å².